The van der Waals surface area contributed by atoms with Gasteiger partial charge in [-0.15, -0.1) is 0 Å². The van der Waals surface area contributed by atoms with E-state index in [-0.39, 0.29) is 11.6 Å². The molecule has 17 heavy (non-hydrogen) atoms. The van der Waals surface area contributed by atoms with Crippen LogP contribution in [-0.4, -0.2) is 29.3 Å². The van der Waals surface area contributed by atoms with Crippen molar-refractivity contribution in [2.45, 2.75) is 63.2 Å². The van der Waals surface area contributed by atoms with Crippen molar-refractivity contribution in [2.24, 2.45) is 5.11 Å². The van der Waals surface area contributed by atoms with Crippen LogP contribution < -0.4 is 0 Å². The molecule has 1 saturated heterocycles. The summed E-state index contributed by atoms with van der Waals surface area (Å²) < 4.78 is 10.8. The highest BCUT2D eigenvalue weighted by Crippen LogP contribution is 2.47. The summed E-state index contributed by atoms with van der Waals surface area (Å²) in [6.45, 7) is 6.28. The highest BCUT2D eigenvalue weighted by molar-refractivity contribution is 5.81. The maximum Gasteiger partial charge on any atom is 0.336 e. The zero-order valence-electron chi connectivity index (χ0n) is 10.7. The quantitative estimate of drug-likeness (QED) is 0.457. The first-order valence-corrected chi connectivity index (χ1v) is 6.07. The minimum atomic E-state index is -0.968. The molecule has 1 heterocycles. The molecule has 96 valence electrons. The lowest BCUT2D eigenvalue weighted by Gasteiger charge is -2.34. The third-order valence-corrected chi connectivity index (χ3v) is 3.53. The highest BCUT2D eigenvalue weighted by atomic mass is 16.6. The Morgan fingerprint density at radius 2 is 1.82 bits per heavy atom. The van der Waals surface area contributed by atoms with Crippen LogP contribution in [0, 0.1) is 5.53 Å². The van der Waals surface area contributed by atoms with Gasteiger partial charge in [0.15, 0.2) is 5.54 Å². The van der Waals surface area contributed by atoms with Gasteiger partial charge in [0.05, 0.1) is 12.2 Å². The molecule has 0 aromatic carbocycles. The van der Waals surface area contributed by atoms with Crippen molar-refractivity contribution in [2.75, 3.05) is 6.61 Å². The van der Waals surface area contributed by atoms with Gasteiger partial charge in [0.1, 0.15) is 5.60 Å². The van der Waals surface area contributed by atoms with Crippen molar-refractivity contribution >= 4 is 5.97 Å². The molecule has 1 spiro atoms. The number of hydrogen-bond acceptors (Lipinski definition) is 5. The molecule has 1 aliphatic heterocycles. The van der Waals surface area contributed by atoms with Gasteiger partial charge in [0.25, 0.3) is 0 Å². The van der Waals surface area contributed by atoms with E-state index in [1.165, 1.54) is 0 Å². The third-order valence-electron chi connectivity index (χ3n) is 3.53. The Kier molecular flexibility index (Phi) is 2.77. The monoisotopic (exact) mass is 240 g/mol. The predicted octanol–water partition coefficient (Wildman–Crippen LogP) is 2.44. The van der Waals surface area contributed by atoms with E-state index in [9.17, 15) is 4.79 Å². The summed E-state index contributed by atoms with van der Waals surface area (Å²) in [5.41, 5.74) is 5.82. The molecule has 0 bridgehead atoms. The summed E-state index contributed by atoms with van der Waals surface area (Å²) >= 11 is 0. The maximum atomic E-state index is 12.1. The third kappa shape index (κ3) is 2.49. The van der Waals surface area contributed by atoms with E-state index < -0.39 is 11.1 Å². The molecule has 1 N–H and O–H groups in total. The van der Waals surface area contributed by atoms with E-state index >= 15 is 0 Å². The minimum absolute atomic E-state index is 0.00377. The second-order valence-electron chi connectivity index (χ2n) is 6.12. The summed E-state index contributed by atoms with van der Waals surface area (Å²) in [7, 11) is 0. The Hall–Kier alpha value is -0.970. The van der Waals surface area contributed by atoms with Crippen LogP contribution in [0.25, 0.3) is 0 Å². The summed E-state index contributed by atoms with van der Waals surface area (Å²) in [6, 6.07) is 0. The van der Waals surface area contributed by atoms with Crippen molar-refractivity contribution < 1.29 is 14.3 Å². The molecule has 5 heteroatoms. The van der Waals surface area contributed by atoms with E-state index in [0.717, 1.165) is 19.4 Å². The molecule has 0 amide bonds. The van der Waals surface area contributed by atoms with Crippen molar-refractivity contribution in [1.29, 1.82) is 5.53 Å². The van der Waals surface area contributed by atoms with Crippen molar-refractivity contribution in [3.63, 3.8) is 0 Å². The average Bonchev–Trinajstić information content (AvgIpc) is 2.97. The number of ether oxygens (including phenoxy) is 2. The number of hydrogen-bond donors (Lipinski definition) is 1. The van der Waals surface area contributed by atoms with E-state index in [1.807, 2.05) is 20.8 Å². The highest BCUT2D eigenvalue weighted by Gasteiger charge is 2.55. The van der Waals surface area contributed by atoms with Crippen LogP contribution in [0.2, 0.25) is 0 Å². The number of nitrogens with one attached hydrogen (secondary N) is 1. The number of carbonyl (C=O) groups excluding carboxylic acids is 1. The summed E-state index contributed by atoms with van der Waals surface area (Å²) in [4.78, 5) is 12.1. The molecule has 0 aromatic heterocycles. The molecule has 2 rings (SSSR count). The number of esters is 1. The zero-order valence-corrected chi connectivity index (χ0v) is 10.7. The van der Waals surface area contributed by atoms with Gasteiger partial charge in [-0.3, -0.25) is 0 Å². The molecule has 0 radical (unpaired) electrons. The van der Waals surface area contributed by atoms with Gasteiger partial charge < -0.3 is 9.47 Å². The molecule has 1 aliphatic carbocycles. The minimum Gasteiger partial charge on any atom is -0.458 e. The number of rotatable bonds is 2. The molecule has 1 saturated carbocycles. The fraction of sp³-hybridized carbons (Fsp3) is 0.917. The average molecular weight is 240 g/mol. The van der Waals surface area contributed by atoms with Gasteiger partial charge in [-0.05, 0) is 46.5 Å². The van der Waals surface area contributed by atoms with E-state index in [0.29, 0.717) is 12.8 Å². The fourth-order valence-corrected chi connectivity index (χ4v) is 2.24. The van der Waals surface area contributed by atoms with Crippen LogP contribution in [0.1, 0.15) is 46.5 Å². The van der Waals surface area contributed by atoms with Gasteiger partial charge >= 0.3 is 5.97 Å². The summed E-state index contributed by atoms with van der Waals surface area (Å²) in [6.07, 6.45) is 2.72. The lowest BCUT2D eigenvalue weighted by molar-refractivity contribution is -0.163. The molecule has 0 unspecified atom stereocenters. The number of carbonyl (C=O) groups is 1. The van der Waals surface area contributed by atoms with Crippen LogP contribution in [-0.2, 0) is 14.3 Å². The van der Waals surface area contributed by atoms with Gasteiger partial charge in [0.2, 0.25) is 0 Å². The van der Waals surface area contributed by atoms with E-state index in [2.05, 4.69) is 5.11 Å². The van der Waals surface area contributed by atoms with Crippen molar-refractivity contribution in [3.05, 3.63) is 0 Å². The first kappa shape index (κ1) is 12.5. The second kappa shape index (κ2) is 3.77. The van der Waals surface area contributed by atoms with Crippen molar-refractivity contribution in [3.8, 4) is 0 Å². The van der Waals surface area contributed by atoms with Crippen LogP contribution in [0.15, 0.2) is 5.11 Å². The second-order valence-corrected chi connectivity index (χ2v) is 6.12. The Morgan fingerprint density at radius 1 is 1.29 bits per heavy atom. The van der Waals surface area contributed by atoms with Crippen molar-refractivity contribution in [1.82, 2.24) is 0 Å². The largest absolute Gasteiger partial charge is 0.458 e. The Labute approximate surface area is 101 Å². The lowest BCUT2D eigenvalue weighted by atomic mass is 9.77. The summed E-state index contributed by atoms with van der Waals surface area (Å²) in [5, 5.41) is 3.58. The van der Waals surface area contributed by atoms with E-state index in [4.69, 9.17) is 15.0 Å². The van der Waals surface area contributed by atoms with Crippen LogP contribution >= 0.6 is 0 Å². The standard InChI is InChI=1S/C12H20N2O3/c1-10(2,3)17-9(15)12(14-13)6-4-11(5-7-12)8-16-11/h13H,4-8H2,1-3H3. The Balaban J connectivity index is 2.04. The zero-order chi connectivity index (χ0) is 12.7. The molecule has 5 nitrogen and oxygen atoms in total. The molecule has 2 aliphatic rings. The molecule has 2 fully saturated rings. The molecular weight excluding hydrogens is 220 g/mol. The van der Waals surface area contributed by atoms with Gasteiger partial charge in [-0.25, -0.2) is 10.3 Å². The molecule has 0 aromatic rings. The smallest absolute Gasteiger partial charge is 0.336 e. The SMILES string of the molecule is CC(C)(C)OC(=O)C1(N=N)CCC2(CC1)CO2. The predicted molar refractivity (Wildman–Crippen MR) is 60.9 cm³/mol. The summed E-state index contributed by atoms with van der Waals surface area (Å²) in [5.74, 6) is -0.365. The normalized spacial score (nSPS) is 36.6. The van der Waals surface area contributed by atoms with Gasteiger partial charge in [0, 0.05) is 0 Å². The first-order valence-electron chi connectivity index (χ1n) is 6.07. The first-order chi connectivity index (χ1) is 7.81. The number of nitrogens with zero attached hydrogens (tertiary/aromatic N) is 1. The topological polar surface area (TPSA) is 75.0 Å². The van der Waals surface area contributed by atoms with Crippen LogP contribution in [0.5, 0.6) is 0 Å². The van der Waals surface area contributed by atoms with E-state index in [1.54, 1.807) is 0 Å². The maximum absolute atomic E-state index is 12.1. The molecule has 0 atom stereocenters. The fourth-order valence-electron chi connectivity index (χ4n) is 2.24. The Morgan fingerprint density at radius 3 is 2.18 bits per heavy atom. The lowest BCUT2D eigenvalue weighted by Crippen LogP contribution is -2.46. The molecular formula is C12H20N2O3. The van der Waals surface area contributed by atoms with Crippen LogP contribution in [0.3, 0.4) is 0 Å². The van der Waals surface area contributed by atoms with Crippen LogP contribution in [0.4, 0.5) is 0 Å². The Bertz CT molecular complexity index is 332. The van der Waals surface area contributed by atoms with Gasteiger partial charge in [-0.2, -0.15) is 5.11 Å². The van der Waals surface area contributed by atoms with Gasteiger partial charge in [-0.1, -0.05) is 0 Å². The number of epoxide rings is 1.